The van der Waals surface area contributed by atoms with Gasteiger partial charge in [-0.15, -0.1) is 0 Å². The van der Waals surface area contributed by atoms with E-state index in [0.717, 1.165) is 18.9 Å². The molecule has 1 aromatic rings. The van der Waals surface area contributed by atoms with Crippen molar-refractivity contribution in [1.29, 1.82) is 0 Å². The fourth-order valence-corrected chi connectivity index (χ4v) is 4.11. The van der Waals surface area contributed by atoms with Crippen molar-refractivity contribution < 1.29 is 22.3 Å². The van der Waals surface area contributed by atoms with E-state index in [0.29, 0.717) is 12.3 Å². The maximum atomic E-state index is 13.6. The van der Waals surface area contributed by atoms with Crippen molar-refractivity contribution in [3.63, 3.8) is 0 Å². The Morgan fingerprint density at radius 2 is 1.95 bits per heavy atom. The molecule has 1 aliphatic rings. The quantitative estimate of drug-likeness (QED) is 0.443. The Balaban J connectivity index is 2.30. The van der Waals surface area contributed by atoms with Crippen LogP contribution < -0.4 is 0 Å². The number of hydrogen-bond acceptors (Lipinski definition) is 4. The molecule has 21 heavy (non-hydrogen) atoms. The average molecular weight is 376 g/mol. The summed E-state index contributed by atoms with van der Waals surface area (Å²) in [6.07, 6.45) is 2.91. The topological polar surface area (TPSA) is 60.4 Å². The van der Waals surface area contributed by atoms with Gasteiger partial charge in [-0.2, -0.15) is 0 Å². The van der Waals surface area contributed by atoms with E-state index < -0.39 is 41.3 Å². The molecule has 0 aromatic heterocycles. The van der Waals surface area contributed by atoms with E-state index in [-0.39, 0.29) is 6.61 Å². The van der Waals surface area contributed by atoms with E-state index in [1.54, 1.807) is 0 Å². The summed E-state index contributed by atoms with van der Waals surface area (Å²) in [5.74, 6) is -1.48. The van der Waals surface area contributed by atoms with E-state index >= 15 is 0 Å². The van der Waals surface area contributed by atoms with Crippen LogP contribution in [0.25, 0.3) is 0 Å². The molecule has 2 rings (SSSR count). The fourth-order valence-electron chi connectivity index (χ4n) is 1.75. The van der Waals surface area contributed by atoms with Gasteiger partial charge in [0.1, 0.15) is 10.7 Å². The number of carbonyl (C=O) groups excluding carboxylic acids is 1. The highest BCUT2D eigenvalue weighted by Crippen LogP contribution is 2.37. The fraction of sp³-hybridized carbons (Fsp3) is 0.417. The van der Waals surface area contributed by atoms with E-state index in [4.69, 9.17) is 38.6 Å². The highest BCUT2D eigenvalue weighted by atomic mass is 35.7. The maximum Gasteiger partial charge on any atom is 0.339 e. The van der Waals surface area contributed by atoms with E-state index in [9.17, 15) is 17.6 Å². The van der Waals surface area contributed by atoms with Crippen molar-refractivity contribution in [2.75, 3.05) is 6.61 Å². The van der Waals surface area contributed by atoms with Gasteiger partial charge in [-0.05, 0) is 18.4 Å². The van der Waals surface area contributed by atoms with Crippen molar-refractivity contribution >= 4 is 48.9 Å². The van der Waals surface area contributed by atoms with Crippen molar-refractivity contribution in [2.45, 2.75) is 24.2 Å². The SMILES string of the molecule is O=C(OCCC1CC1)c1cc(F)c(Cl)c(S(=O)(=O)Cl)c1Cl. The first kappa shape index (κ1) is 16.8. The van der Waals surface area contributed by atoms with Crippen LogP contribution in [0.15, 0.2) is 11.0 Å². The lowest BCUT2D eigenvalue weighted by Crippen LogP contribution is -2.10. The molecule has 0 atom stereocenters. The van der Waals surface area contributed by atoms with Crippen LogP contribution in [-0.2, 0) is 13.8 Å². The average Bonchev–Trinajstić information content (AvgIpc) is 3.16. The Labute approximate surface area is 135 Å². The number of carbonyl (C=O) groups is 1. The molecule has 0 spiro atoms. The molecule has 0 heterocycles. The first-order valence-electron chi connectivity index (χ1n) is 6.01. The predicted octanol–water partition coefficient (Wildman–Crippen LogP) is 4.02. The Kier molecular flexibility index (Phi) is 5.03. The molecule has 1 saturated carbocycles. The molecule has 0 saturated heterocycles. The molecule has 0 bridgehead atoms. The molecule has 0 N–H and O–H groups in total. The van der Waals surface area contributed by atoms with Crippen LogP contribution in [0.4, 0.5) is 4.39 Å². The normalized spacial score (nSPS) is 15.0. The Morgan fingerprint density at radius 3 is 2.48 bits per heavy atom. The van der Waals surface area contributed by atoms with Gasteiger partial charge >= 0.3 is 5.97 Å². The molecule has 1 aromatic carbocycles. The Bertz CT molecular complexity index is 686. The van der Waals surface area contributed by atoms with Crippen molar-refractivity contribution in [2.24, 2.45) is 5.92 Å². The third kappa shape index (κ3) is 4.00. The van der Waals surface area contributed by atoms with Gasteiger partial charge in [-0.1, -0.05) is 36.0 Å². The molecule has 1 aliphatic carbocycles. The third-order valence-corrected chi connectivity index (χ3v) is 5.38. The third-order valence-electron chi connectivity index (χ3n) is 3.04. The first-order chi connectivity index (χ1) is 9.71. The monoisotopic (exact) mass is 374 g/mol. The second-order valence-electron chi connectivity index (χ2n) is 4.67. The zero-order chi connectivity index (χ0) is 15.8. The zero-order valence-electron chi connectivity index (χ0n) is 10.5. The second kappa shape index (κ2) is 6.28. The molecule has 0 unspecified atom stereocenters. The lowest BCUT2D eigenvalue weighted by Gasteiger charge is -2.10. The van der Waals surface area contributed by atoms with Gasteiger partial charge < -0.3 is 4.74 Å². The zero-order valence-corrected chi connectivity index (χ0v) is 13.6. The van der Waals surface area contributed by atoms with Crippen LogP contribution in [0, 0.1) is 11.7 Å². The summed E-state index contributed by atoms with van der Waals surface area (Å²) < 4.78 is 41.4. The smallest absolute Gasteiger partial charge is 0.339 e. The van der Waals surface area contributed by atoms with E-state index in [1.165, 1.54) is 0 Å². The van der Waals surface area contributed by atoms with Gasteiger partial charge in [0.25, 0.3) is 9.05 Å². The molecule has 1 fully saturated rings. The van der Waals surface area contributed by atoms with Crippen LogP contribution in [-0.4, -0.2) is 21.0 Å². The van der Waals surface area contributed by atoms with Gasteiger partial charge in [0.2, 0.25) is 0 Å². The van der Waals surface area contributed by atoms with Crippen LogP contribution >= 0.6 is 33.9 Å². The number of benzene rings is 1. The minimum absolute atomic E-state index is 0.160. The summed E-state index contributed by atoms with van der Waals surface area (Å²) in [6.45, 7) is 0.160. The van der Waals surface area contributed by atoms with E-state index in [1.807, 2.05) is 0 Å². The Morgan fingerprint density at radius 1 is 1.33 bits per heavy atom. The second-order valence-corrected chi connectivity index (χ2v) is 7.93. The molecule has 116 valence electrons. The summed E-state index contributed by atoms with van der Waals surface area (Å²) in [5, 5.41) is -1.31. The molecular weight excluding hydrogens is 366 g/mol. The van der Waals surface area contributed by atoms with Gasteiger partial charge in [0.05, 0.1) is 22.2 Å². The summed E-state index contributed by atoms with van der Waals surface area (Å²) >= 11 is 11.3. The number of esters is 1. The summed E-state index contributed by atoms with van der Waals surface area (Å²) in [6, 6.07) is 0.732. The number of hydrogen-bond donors (Lipinski definition) is 0. The Hall–Kier alpha value is -0.560. The molecule has 0 amide bonds. The van der Waals surface area contributed by atoms with Crippen molar-refractivity contribution in [3.05, 3.63) is 27.5 Å². The summed E-state index contributed by atoms with van der Waals surface area (Å²) in [4.78, 5) is 11.0. The highest BCUT2D eigenvalue weighted by molar-refractivity contribution is 8.14. The first-order valence-corrected chi connectivity index (χ1v) is 9.07. The largest absolute Gasteiger partial charge is 0.462 e. The molecular formula is C12H10Cl3FO4S. The van der Waals surface area contributed by atoms with E-state index in [2.05, 4.69) is 0 Å². The maximum absolute atomic E-state index is 13.6. The van der Waals surface area contributed by atoms with Gasteiger partial charge in [-0.25, -0.2) is 17.6 Å². The summed E-state index contributed by atoms with van der Waals surface area (Å²) in [7, 11) is 0.750. The number of rotatable bonds is 5. The van der Waals surface area contributed by atoms with Crippen LogP contribution in [0.5, 0.6) is 0 Å². The summed E-state index contributed by atoms with van der Waals surface area (Å²) in [5.41, 5.74) is -0.423. The number of halogens is 4. The molecule has 4 nitrogen and oxygen atoms in total. The van der Waals surface area contributed by atoms with Crippen LogP contribution in [0.3, 0.4) is 0 Å². The van der Waals surface area contributed by atoms with Gasteiger partial charge in [0.15, 0.2) is 0 Å². The standard InChI is InChI=1S/C12H10Cl3FO4S/c13-9-7(12(17)20-4-3-6-1-2-6)5-8(16)10(14)11(9)21(15,18)19/h5-6H,1-4H2. The minimum Gasteiger partial charge on any atom is -0.462 e. The predicted molar refractivity (Wildman–Crippen MR) is 77.1 cm³/mol. The molecule has 9 heteroatoms. The van der Waals surface area contributed by atoms with Gasteiger partial charge in [-0.3, -0.25) is 0 Å². The molecule has 0 radical (unpaired) electrons. The highest BCUT2D eigenvalue weighted by Gasteiger charge is 2.28. The van der Waals surface area contributed by atoms with Crippen LogP contribution in [0.2, 0.25) is 10.0 Å². The lowest BCUT2D eigenvalue weighted by atomic mass is 10.2. The van der Waals surface area contributed by atoms with Crippen molar-refractivity contribution in [1.82, 2.24) is 0 Å². The van der Waals surface area contributed by atoms with Gasteiger partial charge in [0, 0.05) is 10.7 Å². The minimum atomic E-state index is -4.41. The van der Waals surface area contributed by atoms with Crippen LogP contribution in [0.1, 0.15) is 29.6 Å². The lowest BCUT2D eigenvalue weighted by molar-refractivity contribution is 0.0494. The molecule has 0 aliphatic heterocycles. The number of ether oxygens (including phenoxy) is 1. The van der Waals surface area contributed by atoms with Crippen molar-refractivity contribution in [3.8, 4) is 0 Å².